The van der Waals surface area contributed by atoms with Crippen LogP contribution in [-0.4, -0.2) is 33.3 Å². The Morgan fingerprint density at radius 1 is 1.73 bits per heavy atom. The second-order valence-corrected chi connectivity index (χ2v) is 3.76. The molecule has 1 amide bonds. The van der Waals surface area contributed by atoms with E-state index in [2.05, 4.69) is 10.5 Å². The van der Waals surface area contributed by atoms with E-state index in [1.54, 1.807) is 0 Å². The average Bonchev–Trinajstić information content (AvgIpc) is 2.34. The van der Waals surface area contributed by atoms with E-state index in [1.165, 1.54) is 16.7 Å². The van der Waals surface area contributed by atoms with E-state index < -0.39 is 0 Å². The Morgan fingerprint density at radius 3 is 3.27 bits per heavy atom. The zero-order valence-electron chi connectivity index (χ0n) is 5.53. The average molecular weight is 187 g/mol. The number of amidine groups is 1. The smallest absolute Gasteiger partial charge is 0.254 e. The van der Waals surface area contributed by atoms with Gasteiger partial charge in [0.1, 0.15) is 16.7 Å². The molecule has 58 valence electrons. The van der Waals surface area contributed by atoms with Gasteiger partial charge in [-0.2, -0.15) is 5.10 Å². The van der Waals surface area contributed by atoms with Gasteiger partial charge in [-0.3, -0.25) is 10.2 Å². The van der Waals surface area contributed by atoms with Crippen molar-refractivity contribution in [3.8, 4) is 0 Å². The van der Waals surface area contributed by atoms with E-state index >= 15 is 0 Å². The monoisotopic (exact) mass is 187 g/mol. The number of carbonyl (C=O) groups is 1. The maximum Gasteiger partial charge on any atom is 0.254 e. The summed E-state index contributed by atoms with van der Waals surface area (Å²) in [6.45, 7) is 0.254. The van der Waals surface area contributed by atoms with Gasteiger partial charge >= 0.3 is 0 Å². The van der Waals surface area contributed by atoms with Crippen molar-refractivity contribution in [3.05, 3.63) is 0 Å². The molecule has 2 rings (SSSR count). The van der Waals surface area contributed by atoms with Gasteiger partial charge < -0.3 is 0 Å². The zero-order valence-corrected chi connectivity index (χ0v) is 7.17. The Labute approximate surface area is 73.0 Å². The number of nitrogens with zero attached hydrogens (tertiary/aromatic N) is 2. The van der Waals surface area contributed by atoms with Gasteiger partial charge in [0.25, 0.3) is 5.91 Å². The van der Waals surface area contributed by atoms with Crippen LogP contribution in [0.2, 0.25) is 0 Å². The van der Waals surface area contributed by atoms with E-state index in [-0.39, 0.29) is 12.5 Å². The third-order valence-corrected chi connectivity index (χ3v) is 2.82. The molecule has 0 bridgehead atoms. The van der Waals surface area contributed by atoms with Crippen molar-refractivity contribution in [2.75, 3.05) is 12.3 Å². The minimum absolute atomic E-state index is 0.00926. The normalized spacial score (nSPS) is 22.9. The van der Waals surface area contributed by atoms with E-state index in [0.29, 0.717) is 10.1 Å². The quantitative estimate of drug-likeness (QED) is 0.532. The SMILES string of the molecule is O=C1CNN=C2CSC(=S)N12. The number of amides is 1. The topological polar surface area (TPSA) is 44.7 Å². The molecule has 0 unspecified atom stereocenters. The second-order valence-electron chi connectivity index (χ2n) is 2.15. The predicted octanol–water partition coefficient (Wildman–Crippen LogP) is -0.237. The lowest BCUT2D eigenvalue weighted by atomic mass is 10.4. The first-order chi connectivity index (χ1) is 5.29. The summed E-state index contributed by atoms with van der Waals surface area (Å²) < 4.78 is 0.621. The van der Waals surface area contributed by atoms with Crippen molar-refractivity contribution in [3.63, 3.8) is 0 Å². The Hall–Kier alpha value is -0.620. The maximum atomic E-state index is 11.2. The summed E-state index contributed by atoms with van der Waals surface area (Å²) in [5.41, 5.74) is 2.65. The maximum absolute atomic E-state index is 11.2. The van der Waals surface area contributed by atoms with Gasteiger partial charge in [-0.25, -0.2) is 4.90 Å². The molecule has 1 saturated heterocycles. The Balaban J connectivity index is 2.36. The Morgan fingerprint density at radius 2 is 2.55 bits per heavy atom. The summed E-state index contributed by atoms with van der Waals surface area (Å²) in [4.78, 5) is 12.7. The van der Waals surface area contributed by atoms with Gasteiger partial charge in [0, 0.05) is 0 Å². The molecule has 2 aliphatic heterocycles. The summed E-state index contributed by atoms with van der Waals surface area (Å²) in [6, 6.07) is 0. The lowest BCUT2D eigenvalue weighted by molar-refractivity contribution is -0.124. The molecule has 0 aliphatic carbocycles. The first-order valence-corrected chi connectivity index (χ1v) is 4.47. The van der Waals surface area contributed by atoms with Crippen molar-refractivity contribution in [2.24, 2.45) is 5.10 Å². The van der Waals surface area contributed by atoms with Crippen molar-refractivity contribution in [2.45, 2.75) is 0 Å². The van der Waals surface area contributed by atoms with Crippen molar-refractivity contribution < 1.29 is 4.79 Å². The molecule has 0 aromatic carbocycles. The Kier molecular flexibility index (Phi) is 1.57. The first kappa shape index (κ1) is 7.05. The van der Waals surface area contributed by atoms with Crippen LogP contribution in [0.15, 0.2) is 5.10 Å². The number of rotatable bonds is 0. The molecule has 0 spiro atoms. The van der Waals surface area contributed by atoms with Gasteiger partial charge in [0.05, 0.1) is 5.75 Å². The van der Waals surface area contributed by atoms with Crippen LogP contribution in [0.5, 0.6) is 0 Å². The molecular weight excluding hydrogens is 182 g/mol. The second kappa shape index (κ2) is 2.46. The van der Waals surface area contributed by atoms with Crippen LogP contribution in [0.3, 0.4) is 0 Å². The predicted molar refractivity (Wildman–Crippen MR) is 47.3 cm³/mol. The highest BCUT2D eigenvalue weighted by Crippen LogP contribution is 2.21. The number of thioether (sulfide) groups is 1. The van der Waals surface area contributed by atoms with Crippen LogP contribution >= 0.6 is 24.0 Å². The number of hydrazone groups is 1. The molecular formula is C5H5N3OS2. The molecule has 0 atom stereocenters. The van der Waals surface area contributed by atoms with E-state index in [0.717, 1.165) is 5.84 Å². The van der Waals surface area contributed by atoms with Crippen molar-refractivity contribution in [1.82, 2.24) is 10.3 Å². The third-order valence-electron chi connectivity index (χ3n) is 1.45. The molecule has 2 aliphatic rings. The highest BCUT2D eigenvalue weighted by molar-refractivity contribution is 8.24. The molecule has 11 heavy (non-hydrogen) atoms. The lowest BCUT2D eigenvalue weighted by Crippen LogP contribution is -2.45. The van der Waals surface area contributed by atoms with Crippen LogP contribution in [0.4, 0.5) is 0 Å². The summed E-state index contributed by atoms with van der Waals surface area (Å²) in [5.74, 6) is 1.43. The molecule has 6 heteroatoms. The van der Waals surface area contributed by atoms with Crippen molar-refractivity contribution >= 4 is 40.0 Å². The first-order valence-electron chi connectivity index (χ1n) is 3.08. The molecule has 4 nitrogen and oxygen atoms in total. The van der Waals surface area contributed by atoms with Crippen LogP contribution < -0.4 is 5.43 Å². The molecule has 1 N–H and O–H groups in total. The number of hydrogen-bond acceptors (Lipinski definition) is 5. The molecule has 2 heterocycles. The third kappa shape index (κ3) is 1.02. The van der Waals surface area contributed by atoms with Crippen LogP contribution in [0, 0.1) is 0 Å². The van der Waals surface area contributed by atoms with Gasteiger partial charge in [0.15, 0.2) is 0 Å². The number of fused-ring (bicyclic) bond motifs is 1. The Bertz CT molecular complexity index is 262. The molecule has 0 aromatic heterocycles. The number of hydrogen-bond donors (Lipinski definition) is 1. The summed E-state index contributed by atoms with van der Waals surface area (Å²) >= 11 is 6.43. The molecule has 0 saturated carbocycles. The van der Waals surface area contributed by atoms with Crippen LogP contribution in [0.25, 0.3) is 0 Å². The van der Waals surface area contributed by atoms with E-state index in [4.69, 9.17) is 12.2 Å². The van der Waals surface area contributed by atoms with Gasteiger partial charge in [-0.15, -0.1) is 0 Å². The minimum atomic E-state index is -0.00926. The van der Waals surface area contributed by atoms with E-state index in [9.17, 15) is 4.79 Å². The minimum Gasteiger partial charge on any atom is -0.299 e. The number of carbonyl (C=O) groups excluding carboxylic acids is 1. The highest BCUT2D eigenvalue weighted by Gasteiger charge is 2.32. The van der Waals surface area contributed by atoms with E-state index in [1.807, 2.05) is 0 Å². The standard InChI is InChI=1S/C5H5N3OS2/c9-4-1-6-7-3-2-11-5(10)8(3)4/h6H,1-2H2. The summed E-state index contributed by atoms with van der Waals surface area (Å²) in [6.07, 6.45) is 0. The van der Waals surface area contributed by atoms with Crippen LogP contribution in [0.1, 0.15) is 0 Å². The number of thiocarbonyl (C=S) groups is 1. The fourth-order valence-electron chi connectivity index (χ4n) is 0.966. The highest BCUT2D eigenvalue weighted by atomic mass is 32.2. The largest absolute Gasteiger partial charge is 0.299 e. The number of nitrogens with one attached hydrogen (secondary N) is 1. The molecule has 1 fully saturated rings. The molecule has 0 radical (unpaired) electrons. The fourth-order valence-corrected chi connectivity index (χ4v) is 2.13. The molecule has 0 aromatic rings. The van der Waals surface area contributed by atoms with Gasteiger partial charge in [0.2, 0.25) is 0 Å². The summed E-state index contributed by atoms with van der Waals surface area (Å²) in [7, 11) is 0. The van der Waals surface area contributed by atoms with Crippen molar-refractivity contribution in [1.29, 1.82) is 0 Å². The summed E-state index contributed by atoms with van der Waals surface area (Å²) in [5, 5.41) is 3.96. The van der Waals surface area contributed by atoms with Gasteiger partial charge in [-0.1, -0.05) is 24.0 Å². The van der Waals surface area contributed by atoms with Gasteiger partial charge in [-0.05, 0) is 0 Å². The lowest BCUT2D eigenvalue weighted by Gasteiger charge is -2.19. The van der Waals surface area contributed by atoms with Crippen LogP contribution in [-0.2, 0) is 4.79 Å². The zero-order chi connectivity index (χ0) is 7.84. The fraction of sp³-hybridized carbons (Fsp3) is 0.400.